The molecule has 23 heavy (non-hydrogen) atoms. The molecule has 0 aromatic rings. The third kappa shape index (κ3) is 16.5. The van der Waals surface area contributed by atoms with E-state index in [1.54, 1.807) is 0 Å². The highest BCUT2D eigenvalue weighted by Gasteiger charge is 2.20. The van der Waals surface area contributed by atoms with Crippen LogP contribution in [0.1, 0.15) is 78.6 Å². The first-order valence-corrected chi connectivity index (χ1v) is 10.7. The van der Waals surface area contributed by atoms with Crippen molar-refractivity contribution in [3.63, 3.8) is 0 Å². The van der Waals surface area contributed by atoms with Gasteiger partial charge in [-0.05, 0) is 12.8 Å². The van der Waals surface area contributed by atoms with Gasteiger partial charge < -0.3 is 9.45 Å². The van der Waals surface area contributed by atoms with Gasteiger partial charge in [-0.15, -0.1) is 0 Å². The Labute approximate surface area is 143 Å². The second kappa shape index (κ2) is 14.2. The Morgan fingerprint density at radius 2 is 1.65 bits per heavy atom. The number of quaternary nitrogens is 1. The van der Waals surface area contributed by atoms with Gasteiger partial charge in [0.25, 0.3) is 0 Å². The number of nitrogens with one attached hydrogen (secondary N) is 1. The molecule has 1 saturated heterocycles. The summed E-state index contributed by atoms with van der Waals surface area (Å²) in [6.45, 7) is 11.1. The quantitative estimate of drug-likeness (QED) is 0.353. The largest absolute Gasteiger partial charge is 0.726 e. The first-order valence-electron chi connectivity index (χ1n) is 9.32. The topological polar surface area (TPSA) is 70.9 Å². The predicted molar refractivity (Wildman–Crippen MR) is 93.3 cm³/mol. The van der Waals surface area contributed by atoms with Crippen molar-refractivity contribution in [1.29, 1.82) is 0 Å². The molecule has 6 heteroatoms. The highest BCUT2D eigenvalue weighted by atomic mass is 32.3. The maximum atomic E-state index is 9.99. The van der Waals surface area contributed by atoms with Crippen molar-refractivity contribution in [1.82, 2.24) is 0 Å². The number of rotatable bonds is 11. The Kier molecular flexibility index (Phi) is 14.1. The van der Waals surface area contributed by atoms with Crippen LogP contribution in [0.25, 0.3) is 0 Å². The Bertz CT molecular complexity index is 360. The Hall–Kier alpha value is -0.170. The van der Waals surface area contributed by atoms with Crippen molar-refractivity contribution >= 4 is 10.4 Å². The molecular weight excluding hydrogens is 314 g/mol. The fourth-order valence-electron chi connectivity index (χ4n) is 2.84. The summed E-state index contributed by atoms with van der Waals surface area (Å²) in [5, 5.41) is 0. The van der Waals surface area contributed by atoms with Crippen LogP contribution in [0.2, 0.25) is 0 Å². The minimum absolute atomic E-state index is 0.0258. The summed E-state index contributed by atoms with van der Waals surface area (Å²) < 4.78 is 34.0. The summed E-state index contributed by atoms with van der Waals surface area (Å²) in [5.74, 6) is 0.992. The predicted octanol–water partition coefficient (Wildman–Crippen LogP) is 2.53. The van der Waals surface area contributed by atoms with E-state index in [1.165, 1.54) is 58.2 Å². The van der Waals surface area contributed by atoms with E-state index in [2.05, 4.69) is 25.0 Å². The molecule has 2 atom stereocenters. The summed E-state index contributed by atoms with van der Waals surface area (Å²) in [6, 6.07) is 0. The van der Waals surface area contributed by atoms with Gasteiger partial charge in [-0.25, -0.2) is 8.42 Å². The van der Waals surface area contributed by atoms with Crippen molar-refractivity contribution in [3.05, 3.63) is 0 Å². The van der Waals surface area contributed by atoms with Gasteiger partial charge in [-0.2, -0.15) is 0 Å². The first-order chi connectivity index (χ1) is 10.9. The Morgan fingerprint density at radius 1 is 1.04 bits per heavy atom. The highest BCUT2D eigenvalue weighted by Crippen LogP contribution is 2.05. The molecule has 0 radical (unpaired) electrons. The van der Waals surface area contributed by atoms with Gasteiger partial charge in [0, 0.05) is 12.3 Å². The average Bonchev–Trinajstić information content (AvgIpc) is 2.89. The summed E-state index contributed by atoms with van der Waals surface area (Å²) in [6.07, 6.45) is 10.4. The smallest absolute Gasteiger partial charge is 0.217 e. The van der Waals surface area contributed by atoms with Gasteiger partial charge in [0.1, 0.15) is 0 Å². The van der Waals surface area contributed by atoms with E-state index in [9.17, 15) is 13.0 Å². The van der Waals surface area contributed by atoms with Crippen LogP contribution in [0.4, 0.5) is 0 Å². The average molecular weight is 352 g/mol. The zero-order valence-corrected chi connectivity index (χ0v) is 16.1. The monoisotopic (exact) mass is 351 g/mol. The van der Waals surface area contributed by atoms with Crippen LogP contribution in [-0.4, -0.2) is 39.2 Å². The molecular formula is C17H37NO4S. The normalized spacial score (nSPS) is 21.0. The Morgan fingerprint density at radius 3 is 2.17 bits per heavy atom. The lowest BCUT2D eigenvalue weighted by atomic mass is 10.1. The molecule has 0 aromatic heterocycles. The molecule has 0 bridgehead atoms. The second-order valence-electron chi connectivity index (χ2n) is 6.70. The molecule has 0 saturated carbocycles. The second-order valence-corrected chi connectivity index (χ2v) is 7.75. The molecule has 1 heterocycles. The standard InChI is InChI=1S/C9H19N.C8H18O4S/c1-3-4-6-10-7-5-9(2)8-10;1-2-3-4-5-6-7-8-12-13(9,10)11/h9H,3-8H2,1-2H3;2-8H2,1H3,(H,9,10,11). The lowest BCUT2D eigenvalue weighted by Crippen LogP contribution is -3.10. The SMILES string of the molecule is CCCCCCCCOS(=O)(=O)[O-].CCCC[NH+]1CCC(C)C1. The van der Waals surface area contributed by atoms with E-state index in [1.807, 2.05) is 4.90 Å². The number of hydrogen-bond donors (Lipinski definition) is 1. The molecule has 1 aliphatic rings. The van der Waals surface area contributed by atoms with Gasteiger partial charge in [-0.1, -0.05) is 59.3 Å². The van der Waals surface area contributed by atoms with E-state index in [4.69, 9.17) is 0 Å². The molecule has 140 valence electrons. The van der Waals surface area contributed by atoms with Crippen LogP contribution >= 0.6 is 0 Å². The molecule has 1 N–H and O–H groups in total. The van der Waals surface area contributed by atoms with Crippen LogP contribution < -0.4 is 4.90 Å². The van der Waals surface area contributed by atoms with Gasteiger partial charge >= 0.3 is 0 Å². The Balaban J connectivity index is 0.000000433. The third-order valence-corrected chi connectivity index (χ3v) is 4.69. The van der Waals surface area contributed by atoms with E-state index < -0.39 is 10.4 Å². The molecule has 0 aromatic carbocycles. The summed E-state index contributed by atoms with van der Waals surface area (Å²) in [5.41, 5.74) is 0. The maximum Gasteiger partial charge on any atom is 0.217 e. The molecule has 2 unspecified atom stereocenters. The van der Waals surface area contributed by atoms with E-state index in [0.717, 1.165) is 18.8 Å². The number of unbranched alkanes of at least 4 members (excludes halogenated alkanes) is 6. The lowest BCUT2D eigenvalue weighted by Gasteiger charge is -2.10. The minimum atomic E-state index is -4.47. The van der Waals surface area contributed by atoms with Gasteiger partial charge in [0.2, 0.25) is 10.4 Å². The third-order valence-electron chi connectivity index (χ3n) is 4.24. The summed E-state index contributed by atoms with van der Waals surface area (Å²) in [7, 11) is -4.47. The van der Waals surface area contributed by atoms with Crippen molar-refractivity contribution in [3.8, 4) is 0 Å². The van der Waals surface area contributed by atoms with Gasteiger partial charge in [0.05, 0.1) is 26.2 Å². The molecule has 5 nitrogen and oxygen atoms in total. The van der Waals surface area contributed by atoms with Crippen molar-refractivity contribution in [2.24, 2.45) is 5.92 Å². The summed E-state index contributed by atoms with van der Waals surface area (Å²) >= 11 is 0. The van der Waals surface area contributed by atoms with E-state index in [-0.39, 0.29) is 6.61 Å². The molecule has 0 amide bonds. The zero-order valence-electron chi connectivity index (χ0n) is 15.3. The van der Waals surface area contributed by atoms with Crippen LogP contribution in [0.3, 0.4) is 0 Å². The van der Waals surface area contributed by atoms with Crippen LogP contribution in [0, 0.1) is 5.92 Å². The maximum absolute atomic E-state index is 9.99. The van der Waals surface area contributed by atoms with Crippen LogP contribution in [-0.2, 0) is 14.6 Å². The first kappa shape index (κ1) is 22.8. The number of likely N-dealkylation sites (tertiary alicyclic amines) is 1. The summed E-state index contributed by atoms with van der Waals surface area (Å²) in [4.78, 5) is 1.84. The van der Waals surface area contributed by atoms with Crippen molar-refractivity contribution in [2.45, 2.75) is 78.6 Å². The van der Waals surface area contributed by atoms with E-state index in [0.29, 0.717) is 6.42 Å². The molecule has 1 aliphatic heterocycles. The fourth-order valence-corrected chi connectivity index (χ4v) is 3.17. The van der Waals surface area contributed by atoms with Crippen LogP contribution in [0.5, 0.6) is 0 Å². The molecule has 0 aliphatic carbocycles. The molecule has 1 rings (SSSR count). The fraction of sp³-hybridized carbons (Fsp3) is 1.00. The molecule has 0 spiro atoms. The highest BCUT2D eigenvalue weighted by molar-refractivity contribution is 7.80. The molecule has 1 fully saturated rings. The van der Waals surface area contributed by atoms with Gasteiger partial charge in [-0.3, -0.25) is 4.18 Å². The lowest BCUT2D eigenvalue weighted by molar-refractivity contribution is -0.889. The zero-order chi connectivity index (χ0) is 17.6. The number of hydrogen-bond acceptors (Lipinski definition) is 4. The van der Waals surface area contributed by atoms with Crippen LogP contribution in [0.15, 0.2) is 0 Å². The van der Waals surface area contributed by atoms with E-state index >= 15 is 0 Å². The van der Waals surface area contributed by atoms with Crippen molar-refractivity contribution < 1.29 is 22.1 Å². The minimum Gasteiger partial charge on any atom is -0.726 e. The van der Waals surface area contributed by atoms with Crippen molar-refractivity contribution in [2.75, 3.05) is 26.2 Å². The van der Waals surface area contributed by atoms with Gasteiger partial charge in [0.15, 0.2) is 0 Å².